The molecule has 1 aliphatic heterocycles. The molecule has 1 atom stereocenters. The molecule has 0 bridgehead atoms. The number of anilines is 2. The molecule has 8 nitrogen and oxygen atoms in total. The summed E-state index contributed by atoms with van der Waals surface area (Å²) in [7, 11) is 0. The van der Waals surface area contributed by atoms with Gasteiger partial charge in [-0.25, -0.2) is 4.98 Å². The van der Waals surface area contributed by atoms with Gasteiger partial charge < -0.3 is 26.8 Å². The summed E-state index contributed by atoms with van der Waals surface area (Å²) in [5.74, 6) is 0.392. The van der Waals surface area contributed by atoms with Gasteiger partial charge in [0.25, 0.3) is 5.91 Å². The van der Waals surface area contributed by atoms with Crippen molar-refractivity contribution in [3.63, 3.8) is 0 Å². The molecule has 0 spiro atoms. The zero-order chi connectivity index (χ0) is 24.2. The van der Waals surface area contributed by atoms with E-state index in [-0.39, 0.29) is 14.9 Å². The number of hydrogen-bond acceptors (Lipinski definition) is 8. The standard InChI is InChI=1S/C25H30N6O2S.2CH4/c1-2-3-17-12-20(30-25-21(17)22(27)23(34-25)24(28)33)31-10-8-18(9-11-31)29-14-19(32)16-6-4-15(13-26)5-7-16;;/h4-7,12,18-19,29,32H,2-3,8-11,14,27H2,1H3,(H2,28,33);2*1H4. The average Bonchev–Trinajstić information content (AvgIpc) is 3.20. The van der Waals surface area contributed by atoms with Crippen LogP contribution in [0, 0.1) is 11.3 Å². The minimum atomic E-state index is -0.616. The lowest BCUT2D eigenvalue weighted by atomic mass is 10.0. The lowest BCUT2D eigenvalue weighted by Gasteiger charge is -2.34. The van der Waals surface area contributed by atoms with Gasteiger partial charge in [0.15, 0.2) is 0 Å². The fourth-order valence-electron chi connectivity index (χ4n) is 4.48. The number of nitrogen functional groups attached to an aromatic ring is 1. The number of aromatic nitrogens is 1. The highest BCUT2D eigenvalue weighted by Crippen LogP contribution is 2.37. The molecule has 2 aromatic heterocycles. The summed E-state index contributed by atoms with van der Waals surface area (Å²) >= 11 is 1.27. The maximum Gasteiger partial charge on any atom is 0.260 e. The molecule has 0 saturated carbocycles. The fraction of sp³-hybridized carbons (Fsp3) is 0.444. The number of thiophene rings is 1. The van der Waals surface area contributed by atoms with E-state index in [0.29, 0.717) is 28.7 Å². The van der Waals surface area contributed by atoms with Crippen LogP contribution in [0.2, 0.25) is 0 Å². The molecular formula is C27H38N6O2S. The highest BCUT2D eigenvalue weighted by molar-refractivity contribution is 7.21. The van der Waals surface area contributed by atoms with Crippen molar-refractivity contribution < 1.29 is 9.90 Å². The minimum Gasteiger partial charge on any atom is -0.397 e. The summed E-state index contributed by atoms with van der Waals surface area (Å²) in [6, 6.07) is 11.5. The topological polar surface area (TPSA) is 141 Å². The number of aryl methyl sites for hydroxylation is 1. The van der Waals surface area contributed by atoms with Crippen LogP contribution >= 0.6 is 11.3 Å². The number of rotatable bonds is 8. The van der Waals surface area contributed by atoms with Crippen molar-refractivity contribution in [3.8, 4) is 6.07 Å². The van der Waals surface area contributed by atoms with Gasteiger partial charge in [-0.05, 0) is 48.6 Å². The Labute approximate surface area is 217 Å². The number of amides is 1. The number of benzene rings is 1. The van der Waals surface area contributed by atoms with Gasteiger partial charge >= 0.3 is 0 Å². The maximum absolute atomic E-state index is 11.8. The molecule has 1 fully saturated rings. The van der Waals surface area contributed by atoms with Crippen LogP contribution in [0.1, 0.15) is 73.5 Å². The van der Waals surface area contributed by atoms with Gasteiger partial charge in [-0.15, -0.1) is 11.3 Å². The third kappa shape index (κ3) is 6.13. The van der Waals surface area contributed by atoms with Gasteiger partial charge in [-0.2, -0.15) is 5.26 Å². The first-order chi connectivity index (χ1) is 16.4. The number of aliphatic hydroxyl groups is 1. The number of fused-ring (bicyclic) bond motifs is 1. The summed E-state index contributed by atoms with van der Waals surface area (Å²) in [6.45, 7) is 4.27. The van der Waals surface area contributed by atoms with Gasteiger partial charge in [-0.3, -0.25) is 4.79 Å². The van der Waals surface area contributed by atoms with Crippen LogP contribution in [0.15, 0.2) is 30.3 Å². The Bertz CT molecular complexity index is 1210. The van der Waals surface area contributed by atoms with Gasteiger partial charge in [0.2, 0.25) is 0 Å². The van der Waals surface area contributed by atoms with E-state index >= 15 is 0 Å². The van der Waals surface area contributed by atoms with E-state index in [1.807, 2.05) is 0 Å². The smallest absolute Gasteiger partial charge is 0.260 e. The Morgan fingerprint density at radius 3 is 2.56 bits per heavy atom. The van der Waals surface area contributed by atoms with Crippen molar-refractivity contribution >= 4 is 39.0 Å². The SMILES string of the molecule is C.C.CCCc1cc(N2CCC(NCC(O)c3ccc(C#N)cc3)CC2)nc2sc(C(N)=O)c(N)c12. The third-order valence-corrected chi connectivity index (χ3v) is 7.47. The second-order valence-electron chi connectivity index (χ2n) is 8.70. The Morgan fingerprint density at radius 1 is 1.31 bits per heavy atom. The van der Waals surface area contributed by atoms with Crippen LogP contribution in [0.3, 0.4) is 0 Å². The van der Waals surface area contributed by atoms with Crippen LogP contribution in [0.25, 0.3) is 10.2 Å². The number of nitriles is 1. The Kier molecular flexibility index (Phi) is 10.2. The molecule has 1 unspecified atom stereocenters. The lowest BCUT2D eigenvalue weighted by molar-refractivity contribution is 0.100. The van der Waals surface area contributed by atoms with Crippen molar-refractivity contribution in [2.45, 2.75) is 59.6 Å². The van der Waals surface area contributed by atoms with Crippen molar-refractivity contribution in [2.24, 2.45) is 5.73 Å². The number of hydrogen-bond donors (Lipinski definition) is 4. The van der Waals surface area contributed by atoms with Crippen molar-refractivity contribution in [1.29, 1.82) is 5.26 Å². The number of nitrogens with zero attached hydrogens (tertiary/aromatic N) is 3. The second-order valence-corrected chi connectivity index (χ2v) is 9.70. The Balaban J connectivity index is 0.00000228. The quantitative estimate of drug-likeness (QED) is 0.353. The van der Waals surface area contributed by atoms with E-state index in [1.165, 1.54) is 11.3 Å². The number of carbonyl (C=O) groups is 1. The van der Waals surface area contributed by atoms with Crippen LogP contribution in [-0.2, 0) is 6.42 Å². The zero-order valence-electron chi connectivity index (χ0n) is 19.3. The van der Waals surface area contributed by atoms with E-state index < -0.39 is 12.0 Å². The molecule has 6 N–H and O–H groups in total. The summed E-state index contributed by atoms with van der Waals surface area (Å²) in [5, 5.41) is 23.7. The first-order valence-electron chi connectivity index (χ1n) is 11.6. The number of primary amides is 1. The molecule has 0 aliphatic carbocycles. The molecular weight excluding hydrogens is 472 g/mol. The number of nitrogens with one attached hydrogen (secondary N) is 1. The third-order valence-electron chi connectivity index (χ3n) is 6.35. The summed E-state index contributed by atoms with van der Waals surface area (Å²) < 4.78 is 0. The monoisotopic (exact) mass is 510 g/mol. The number of carbonyl (C=O) groups excluding carboxylic acids is 1. The van der Waals surface area contributed by atoms with E-state index in [2.05, 4.69) is 29.3 Å². The summed E-state index contributed by atoms with van der Waals surface area (Å²) in [6.07, 6.45) is 3.07. The van der Waals surface area contributed by atoms with E-state index in [1.54, 1.807) is 24.3 Å². The minimum absolute atomic E-state index is 0. The molecule has 4 rings (SSSR count). The lowest BCUT2D eigenvalue weighted by Crippen LogP contribution is -2.44. The molecule has 1 saturated heterocycles. The predicted molar refractivity (Wildman–Crippen MR) is 149 cm³/mol. The zero-order valence-corrected chi connectivity index (χ0v) is 20.1. The molecule has 1 aliphatic rings. The second kappa shape index (κ2) is 12.7. The molecule has 0 radical (unpaired) electrons. The highest BCUT2D eigenvalue weighted by Gasteiger charge is 2.24. The van der Waals surface area contributed by atoms with Crippen molar-refractivity contribution in [2.75, 3.05) is 30.3 Å². The van der Waals surface area contributed by atoms with Crippen LogP contribution < -0.4 is 21.7 Å². The number of nitrogens with two attached hydrogens (primary N) is 2. The van der Waals surface area contributed by atoms with Gasteiger partial charge in [0.05, 0.1) is 23.4 Å². The summed E-state index contributed by atoms with van der Waals surface area (Å²) in [4.78, 5) is 20.0. The van der Waals surface area contributed by atoms with Crippen LogP contribution in [0.4, 0.5) is 11.5 Å². The van der Waals surface area contributed by atoms with Crippen molar-refractivity contribution in [1.82, 2.24) is 10.3 Å². The van der Waals surface area contributed by atoms with Crippen LogP contribution in [-0.4, -0.2) is 41.7 Å². The largest absolute Gasteiger partial charge is 0.397 e. The van der Waals surface area contributed by atoms with Crippen molar-refractivity contribution in [3.05, 3.63) is 51.9 Å². The van der Waals surface area contributed by atoms with E-state index in [4.69, 9.17) is 21.7 Å². The normalized spacial score (nSPS) is 14.5. The predicted octanol–water partition coefficient (Wildman–Crippen LogP) is 4.37. The molecule has 1 aromatic carbocycles. The highest BCUT2D eigenvalue weighted by atomic mass is 32.1. The first-order valence-corrected chi connectivity index (χ1v) is 12.4. The van der Waals surface area contributed by atoms with Gasteiger partial charge in [0.1, 0.15) is 15.5 Å². The molecule has 36 heavy (non-hydrogen) atoms. The average molecular weight is 511 g/mol. The maximum atomic E-state index is 11.8. The first kappa shape index (κ1) is 29.0. The van der Waals surface area contributed by atoms with E-state index in [0.717, 1.165) is 65.9 Å². The van der Waals surface area contributed by atoms with Gasteiger partial charge in [-0.1, -0.05) is 40.3 Å². The number of pyridine rings is 1. The van der Waals surface area contributed by atoms with Crippen LogP contribution in [0.5, 0.6) is 0 Å². The summed E-state index contributed by atoms with van der Waals surface area (Å²) in [5.41, 5.74) is 14.7. The molecule has 194 valence electrons. The Morgan fingerprint density at radius 2 is 1.97 bits per heavy atom. The number of aliphatic hydroxyl groups excluding tert-OH is 1. The molecule has 1 amide bonds. The van der Waals surface area contributed by atoms with E-state index in [9.17, 15) is 9.90 Å². The molecule has 3 heterocycles. The Hall–Kier alpha value is -3.19. The molecule has 9 heteroatoms. The molecule has 3 aromatic rings. The number of piperidine rings is 1. The van der Waals surface area contributed by atoms with Gasteiger partial charge in [0, 0.05) is 31.1 Å². The fourth-order valence-corrected chi connectivity index (χ4v) is 5.47.